The van der Waals surface area contributed by atoms with Crippen molar-refractivity contribution in [3.8, 4) is 0 Å². The van der Waals surface area contributed by atoms with Crippen LogP contribution < -0.4 is 10.6 Å². The topological polar surface area (TPSA) is 68.7 Å². The fraction of sp³-hybridized carbons (Fsp3) is 0.267. The third-order valence-electron chi connectivity index (χ3n) is 3.00. The summed E-state index contributed by atoms with van der Waals surface area (Å²) in [4.78, 5) is 13.4. The lowest BCUT2D eigenvalue weighted by molar-refractivity contribution is 0.0527. The molecule has 2 N–H and O–H groups in total. The van der Waals surface area contributed by atoms with Gasteiger partial charge in [0, 0.05) is 12.7 Å². The molecule has 1 aromatic carbocycles. The number of benzene rings is 1. The first-order valence-corrected chi connectivity index (χ1v) is 6.52. The fourth-order valence-corrected chi connectivity index (χ4v) is 1.98. The minimum absolute atomic E-state index is 0.0566. The lowest BCUT2D eigenvalue weighted by Gasteiger charge is -2.20. The average molecular weight is 292 g/mol. The molecular weight excluding hydrogens is 275 g/mol. The Bertz CT molecular complexity index is 626. The number of rotatable bonds is 5. The highest BCUT2D eigenvalue weighted by Gasteiger charge is 2.17. The molecule has 0 atom stereocenters. The molecule has 1 heterocycles. The number of anilines is 2. The van der Waals surface area contributed by atoms with Crippen molar-refractivity contribution in [2.75, 3.05) is 24.3 Å². The van der Waals surface area contributed by atoms with E-state index in [-0.39, 0.29) is 23.5 Å². The van der Waals surface area contributed by atoms with Gasteiger partial charge in [-0.05, 0) is 31.2 Å². The number of furan rings is 1. The number of carbonyl (C=O) groups is 1. The van der Waals surface area contributed by atoms with Crippen LogP contribution in [0.5, 0.6) is 0 Å². The van der Waals surface area contributed by atoms with E-state index >= 15 is 0 Å². The van der Waals surface area contributed by atoms with E-state index in [2.05, 4.69) is 0 Å². The summed E-state index contributed by atoms with van der Waals surface area (Å²) in [6, 6.07) is 6.07. The summed E-state index contributed by atoms with van der Waals surface area (Å²) < 4.78 is 24.2. The molecule has 2 rings (SSSR count). The molecule has 0 radical (unpaired) electrons. The van der Waals surface area contributed by atoms with Crippen molar-refractivity contribution in [1.29, 1.82) is 0 Å². The molecule has 0 bridgehead atoms. The van der Waals surface area contributed by atoms with Gasteiger partial charge in [-0.15, -0.1) is 0 Å². The molecule has 0 amide bonds. The smallest absolute Gasteiger partial charge is 0.340 e. The maximum Gasteiger partial charge on any atom is 0.340 e. The highest BCUT2D eigenvalue weighted by atomic mass is 19.1. The second-order valence-corrected chi connectivity index (χ2v) is 4.55. The summed E-state index contributed by atoms with van der Waals surface area (Å²) in [6.45, 7) is 2.30. The third-order valence-corrected chi connectivity index (χ3v) is 3.00. The zero-order chi connectivity index (χ0) is 15.4. The van der Waals surface area contributed by atoms with Crippen molar-refractivity contribution in [1.82, 2.24) is 0 Å². The molecule has 0 aliphatic heterocycles. The first kappa shape index (κ1) is 14.9. The molecule has 2 aromatic rings. The van der Waals surface area contributed by atoms with Crippen molar-refractivity contribution in [3.63, 3.8) is 0 Å². The molecule has 0 saturated heterocycles. The molecule has 1 aromatic heterocycles. The van der Waals surface area contributed by atoms with Crippen molar-refractivity contribution in [3.05, 3.63) is 47.7 Å². The SMILES string of the molecule is CCOC(=O)c1cc(N(C)Cc2ccco2)c(F)cc1N. The van der Waals surface area contributed by atoms with Crippen molar-refractivity contribution in [2.45, 2.75) is 13.5 Å². The molecule has 0 spiro atoms. The van der Waals surface area contributed by atoms with Crippen LogP contribution in [-0.4, -0.2) is 19.6 Å². The van der Waals surface area contributed by atoms with E-state index in [4.69, 9.17) is 14.9 Å². The van der Waals surface area contributed by atoms with E-state index in [1.54, 1.807) is 37.3 Å². The molecule has 0 unspecified atom stereocenters. The van der Waals surface area contributed by atoms with Gasteiger partial charge in [-0.3, -0.25) is 0 Å². The third kappa shape index (κ3) is 3.34. The lowest BCUT2D eigenvalue weighted by Crippen LogP contribution is -2.19. The fourth-order valence-electron chi connectivity index (χ4n) is 1.98. The Morgan fingerprint density at radius 2 is 2.24 bits per heavy atom. The van der Waals surface area contributed by atoms with E-state index < -0.39 is 11.8 Å². The van der Waals surface area contributed by atoms with Gasteiger partial charge in [0.2, 0.25) is 0 Å². The standard InChI is InChI=1S/C15H17FN2O3/c1-3-20-15(19)11-7-14(12(16)8-13(11)17)18(2)9-10-5-4-6-21-10/h4-8H,3,9,17H2,1-2H3. The Morgan fingerprint density at radius 1 is 1.48 bits per heavy atom. The van der Waals surface area contributed by atoms with Crippen LogP contribution in [0, 0.1) is 5.82 Å². The number of nitrogens with zero attached hydrogens (tertiary/aromatic N) is 1. The number of nitrogens with two attached hydrogens (primary N) is 1. The van der Waals surface area contributed by atoms with Crippen molar-refractivity contribution < 1.29 is 18.3 Å². The van der Waals surface area contributed by atoms with Crippen molar-refractivity contribution >= 4 is 17.3 Å². The predicted octanol–water partition coefficient (Wildman–Crippen LogP) is 2.81. The van der Waals surface area contributed by atoms with Gasteiger partial charge in [-0.25, -0.2) is 9.18 Å². The molecular formula is C15H17FN2O3. The Kier molecular flexibility index (Phi) is 4.47. The molecule has 5 nitrogen and oxygen atoms in total. The largest absolute Gasteiger partial charge is 0.467 e. The van der Waals surface area contributed by atoms with Gasteiger partial charge in [0.25, 0.3) is 0 Å². The van der Waals surface area contributed by atoms with Gasteiger partial charge < -0.3 is 19.8 Å². The van der Waals surface area contributed by atoms with Crippen LogP contribution in [-0.2, 0) is 11.3 Å². The molecule has 112 valence electrons. The molecule has 6 heteroatoms. The van der Waals surface area contributed by atoms with Crippen molar-refractivity contribution in [2.24, 2.45) is 0 Å². The number of halogens is 1. The number of carbonyl (C=O) groups excluding carboxylic acids is 1. The van der Waals surface area contributed by atoms with Crippen LogP contribution in [0.4, 0.5) is 15.8 Å². The summed E-state index contributed by atoms with van der Waals surface area (Å²) in [7, 11) is 1.70. The van der Waals surface area contributed by atoms with Gasteiger partial charge >= 0.3 is 5.97 Å². The summed E-state index contributed by atoms with van der Waals surface area (Å²) in [5.41, 5.74) is 6.14. The molecule has 0 saturated carbocycles. The van der Waals surface area contributed by atoms with Crippen LogP contribution in [0.3, 0.4) is 0 Å². The minimum atomic E-state index is -0.567. The van der Waals surface area contributed by atoms with E-state index in [1.807, 2.05) is 0 Å². The van der Waals surface area contributed by atoms with E-state index in [0.717, 1.165) is 6.07 Å². The van der Waals surface area contributed by atoms with Gasteiger partial charge in [-0.1, -0.05) is 0 Å². The van der Waals surface area contributed by atoms with E-state index in [1.165, 1.54) is 6.07 Å². The number of nitrogen functional groups attached to an aromatic ring is 1. The van der Waals surface area contributed by atoms with Gasteiger partial charge in [0.1, 0.15) is 11.6 Å². The van der Waals surface area contributed by atoms with Crippen LogP contribution in [0.25, 0.3) is 0 Å². The molecule has 21 heavy (non-hydrogen) atoms. The summed E-state index contributed by atoms with van der Waals surface area (Å²) in [5, 5.41) is 0. The first-order chi connectivity index (χ1) is 10.0. The Balaban J connectivity index is 2.30. The van der Waals surface area contributed by atoms with Crippen LogP contribution in [0.2, 0.25) is 0 Å². The molecule has 0 aliphatic carbocycles. The zero-order valence-corrected chi connectivity index (χ0v) is 11.9. The number of ether oxygens (including phenoxy) is 1. The normalized spacial score (nSPS) is 10.4. The second-order valence-electron chi connectivity index (χ2n) is 4.55. The van der Waals surface area contributed by atoms with E-state index in [0.29, 0.717) is 12.3 Å². The van der Waals surface area contributed by atoms with Crippen LogP contribution in [0.15, 0.2) is 34.9 Å². The number of esters is 1. The Hall–Kier alpha value is -2.50. The second kappa shape index (κ2) is 6.30. The maximum atomic E-state index is 14.1. The van der Waals surface area contributed by atoms with Gasteiger partial charge in [0.15, 0.2) is 0 Å². The van der Waals surface area contributed by atoms with Gasteiger partial charge in [-0.2, -0.15) is 0 Å². The number of hydrogen-bond donors (Lipinski definition) is 1. The highest BCUT2D eigenvalue weighted by Crippen LogP contribution is 2.26. The summed E-state index contributed by atoms with van der Waals surface area (Å²) in [6.07, 6.45) is 1.55. The monoisotopic (exact) mass is 292 g/mol. The highest BCUT2D eigenvalue weighted by molar-refractivity contribution is 5.96. The quantitative estimate of drug-likeness (QED) is 0.678. The van der Waals surface area contributed by atoms with E-state index in [9.17, 15) is 9.18 Å². The maximum absolute atomic E-state index is 14.1. The Labute approximate surface area is 122 Å². The first-order valence-electron chi connectivity index (χ1n) is 6.52. The van der Waals surface area contributed by atoms with Crippen LogP contribution in [0.1, 0.15) is 23.0 Å². The summed E-state index contributed by atoms with van der Waals surface area (Å²) >= 11 is 0. The average Bonchev–Trinajstić information content (AvgIpc) is 2.91. The summed E-state index contributed by atoms with van der Waals surface area (Å²) in [5.74, 6) is -0.385. The van der Waals surface area contributed by atoms with Gasteiger partial charge in [0.05, 0.1) is 30.7 Å². The molecule has 0 fully saturated rings. The predicted molar refractivity (Wildman–Crippen MR) is 77.6 cm³/mol. The number of hydrogen-bond acceptors (Lipinski definition) is 5. The molecule has 0 aliphatic rings. The minimum Gasteiger partial charge on any atom is -0.467 e. The zero-order valence-electron chi connectivity index (χ0n) is 11.9. The Morgan fingerprint density at radius 3 is 2.86 bits per heavy atom. The van der Waals surface area contributed by atoms with Crippen LogP contribution >= 0.6 is 0 Å². The lowest BCUT2D eigenvalue weighted by atomic mass is 10.1.